The van der Waals surface area contributed by atoms with Crippen LogP contribution in [0.2, 0.25) is 0 Å². The van der Waals surface area contributed by atoms with Gasteiger partial charge in [-0.05, 0) is 36.5 Å². The maximum atomic E-state index is 5.62. The van der Waals surface area contributed by atoms with Crippen molar-refractivity contribution in [1.29, 1.82) is 0 Å². The van der Waals surface area contributed by atoms with Crippen LogP contribution in [0.4, 0.5) is 0 Å². The Morgan fingerprint density at radius 3 is 2.57 bits per heavy atom. The predicted octanol–water partition coefficient (Wildman–Crippen LogP) is 3.24. The van der Waals surface area contributed by atoms with Crippen molar-refractivity contribution in [2.24, 2.45) is 11.7 Å². The summed E-state index contributed by atoms with van der Waals surface area (Å²) in [7, 11) is 0. The van der Waals surface area contributed by atoms with Gasteiger partial charge >= 0.3 is 0 Å². The Bertz CT molecular complexity index is 552. The molecule has 0 aliphatic heterocycles. The molecule has 1 aromatic carbocycles. The standard InChI is InChI=1S/C17H24N4/c18-12-15-7-10-17(11-8-15)21-13-16(19-20-21)9-6-14-4-2-1-3-5-14/h7-8,10-11,13-14H,1-6,9,12,18H2. The fraction of sp³-hybridized carbons (Fsp3) is 0.529. The Morgan fingerprint density at radius 2 is 1.86 bits per heavy atom. The van der Waals surface area contributed by atoms with E-state index in [1.807, 2.05) is 28.9 Å². The van der Waals surface area contributed by atoms with Crippen molar-refractivity contribution in [3.63, 3.8) is 0 Å². The van der Waals surface area contributed by atoms with Crippen molar-refractivity contribution in [2.75, 3.05) is 0 Å². The Labute approximate surface area is 126 Å². The van der Waals surface area contributed by atoms with Crippen molar-refractivity contribution >= 4 is 0 Å². The molecule has 0 spiro atoms. The van der Waals surface area contributed by atoms with Crippen molar-refractivity contribution in [3.05, 3.63) is 41.7 Å². The second-order valence-electron chi connectivity index (χ2n) is 6.07. The normalized spacial score (nSPS) is 16.2. The summed E-state index contributed by atoms with van der Waals surface area (Å²) in [6.45, 7) is 0.574. The quantitative estimate of drug-likeness (QED) is 0.917. The molecule has 4 nitrogen and oxygen atoms in total. The molecule has 0 unspecified atom stereocenters. The third kappa shape index (κ3) is 3.70. The minimum Gasteiger partial charge on any atom is -0.326 e. The molecule has 1 fully saturated rings. The van der Waals surface area contributed by atoms with E-state index in [2.05, 4.69) is 16.5 Å². The monoisotopic (exact) mass is 284 g/mol. The van der Waals surface area contributed by atoms with E-state index in [4.69, 9.17) is 5.73 Å². The average Bonchev–Trinajstić information content (AvgIpc) is 3.03. The number of aromatic nitrogens is 3. The molecule has 1 heterocycles. The number of rotatable bonds is 5. The molecule has 1 aromatic heterocycles. The number of aryl methyl sites for hydroxylation is 1. The number of nitrogens with zero attached hydrogens (tertiary/aromatic N) is 3. The third-order valence-corrected chi connectivity index (χ3v) is 4.51. The second-order valence-corrected chi connectivity index (χ2v) is 6.07. The Hall–Kier alpha value is -1.68. The van der Waals surface area contributed by atoms with Gasteiger partial charge < -0.3 is 5.73 Å². The molecule has 1 aliphatic carbocycles. The lowest BCUT2D eigenvalue weighted by Crippen LogP contribution is -2.07. The smallest absolute Gasteiger partial charge is 0.0831 e. The van der Waals surface area contributed by atoms with E-state index in [1.165, 1.54) is 38.5 Å². The summed E-state index contributed by atoms with van der Waals surface area (Å²) in [4.78, 5) is 0. The van der Waals surface area contributed by atoms with Crippen LogP contribution in [0, 0.1) is 5.92 Å². The summed E-state index contributed by atoms with van der Waals surface area (Å²) in [6.07, 6.45) is 11.4. The molecule has 0 amide bonds. The van der Waals surface area contributed by atoms with Gasteiger partial charge in [-0.2, -0.15) is 0 Å². The van der Waals surface area contributed by atoms with Gasteiger partial charge in [-0.15, -0.1) is 5.10 Å². The van der Waals surface area contributed by atoms with Crippen LogP contribution in [0.25, 0.3) is 5.69 Å². The summed E-state index contributed by atoms with van der Waals surface area (Å²) >= 11 is 0. The highest BCUT2D eigenvalue weighted by Gasteiger charge is 2.14. The summed E-state index contributed by atoms with van der Waals surface area (Å²) in [5.74, 6) is 0.896. The first-order valence-corrected chi connectivity index (χ1v) is 8.06. The highest BCUT2D eigenvalue weighted by atomic mass is 15.4. The number of benzene rings is 1. The maximum absolute atomic E-state index is 5.62. The molecular formula is C17H24N4. The molecule has 0 atom stereocenters. The SMILES string of the molecule is NCc1ccc(-n2cc(CCC3CCCCC3)nn2)cc1. The van der Waals surface area contributed by atoms with E-state index in [9.17, 15) is 0 Å². The summed E-state index contributed by atoms with van der Waals surface area (Å²) in [6, 6.07) is 8.17. The zero-order valence-corrected chi connectivity index (χ0v) is 12.5. The average molecular weight is 284 g/mol. The number of hydrogen-bond acceptors (Lipinski definition) is 3. The highest BCUT2D eigenvalue weighted by Crippen LogP contribution is 2.27. The van der Waals surface area contributed by atoms with Crippen molar-refractivity contribution in [3.8, 4) is 5.69 Å². The zero-order valence-electron chi connectivity index (χ0n) is 12.5. The Balaban J connectivity index is 1.59. The van der Waals surface area contributed by atoms with Crippen LogP contribution < -0.4 is 5.73 Å². The maximum Gasteiger partial charge on any atom is 0.0831 e. The van der Waals surface area contributed by atoms with Gasteiger partial charge in [-0.3, -0.25) is 0 Å². The van der Waals surface area contributed by atoms with Crippen molar-refractivity contribution in [2.45, 2.75) is 51.5 Å². The molecule has 112 valence electrons. The second kappa shape index (κ2) is 6.85. The summed E-state index contributed by atoms with van der Waals surface area (Å²) < 4.78 is 1.86. The summed E-state index contributed by atoms with van der Waals surface area (Å²) in [5, 5.41) is 8.55. The summed E-state index contributed by atoms with van der Waals surface area (Å²) in [5.41, 5.74) is 8.90. The number of hydrogen-bond donors (Lipinski definition) is 1. The van der Waals surface area contributed by atoms with Gasteiger partial charge in [0, 0.05) is 6.54 Å². The molecule has 0 bridgehead atoms. The molecule has 2 aromatic rings. The Morgan fingerprint density at radius 1 is 1.10 bits per heavy atom. The molecule has 3 rings (SSSR count). The van der Waals surface area contributed by atoms with Crippen molar-refractivity contribution < 1.29 is 0 Å². The van der Waals surface area contributed by atoms with Gasteiger partial charge in [-0.25, -0.2) is 4.68 Å². The third-order valence-electron chi connectivity index (χ3n) is 4.51. The van der Waals surface area contributed by atoms with E-state index in [-0.39, 0.29) is 0 Å². The van der Waals surface area contributed by atoms with E-state index >= 15 is 0 Å². The zero-order chi connectivity index (χ0) is 14.5. The fourth-order valence-corrected chi connectivity index (χ4v) is 3.15. The van der Waals surface area contributed by atoms with Crippen LogP contribution in [-0.4, -0.2) is 15.0 Å². The molecule has 0 radical (unpaired) electrons. The Kier molecular flexibility index (Phi) is 4.65. The van der Waals surface area contributed by atoms with E-state index in [0.29, 0.717) is 6.54 Å². The van der Waals surface area contributed by atoms with E-state index in [1.54, 1.807) is 0 Å². The molecule has 1 aliphatic rings. The van der Waals surface area contributed by atoms with E-state index < -0.39 is 0 Å². The first-order valence-electron chi connectivity index (χ1n) is 8.06. The largest absolute Gasteiger partial charge is 0.326 e. The lowest BCUT2D eigenvalue weighted by Gasteiger charge is -2.20. The van der Waals surface area contributed by atoms with Crippen LogP contribution in [0.1, 0.15) is 49.8 Å². The molecular weight excluding hydrogens is 260 g/mol. The predicted molar refractivity (Wildman–Crippen MR) is 84.1 cm³/mol. The minimum absolute atomic E-state index is 0.574. The van der Waals surface area contributed by atoms with Gasteiger partial charge in [0.1, 0.15) is 0 Å². The molecule has 0 saturated heterocycles. The molecule has 1 saturated carbocycles. The van der Waals surface area contributed by atoms with E-state index in [0.717, 1.165) is 29.3 Å². The highest BCUT2D eigenvalue weighted by molar-refractivity contribution is 5.33. The minimum atomic E-state index is 0.574. The number of nitrogens with two attached hydrogens (primary N) is 1. The van der Waals surface area contributed by atoms with Crippen LogP contribution in [0.15, 0.2) is 30.5 Å². The first kappa shape index (κ1) is 14.3. The fourth-order valence-electron chi connectivity index (χ4n) is 3.15. The van der Waals surface area contributed by atoms with Gasteiger partial charge in [0.15, 0.2) is 0 Å². The van der Waals surface area contributed by atoms with Crippen molar-refractivity contribution in [1.82, 2.24) is 15.0 Å². The molecule has 4 heteroatoms. The van der Waals surface area contributed by atoms with Crippen LogP contribution in [0.3, 0.4) is 0 Å². The van der Waals surface area contributed by atoms with Gasteiger partial charge in [0.2, 0.25) is 0 Å². The molecule has 2 N–H and O–H groups in total. The van der Waals surface area contributed by atoms with Crippen LogP contribution in [0.5, 0.6) is 0 Å². The van der Waals surface area contributed by atoms with Gasteiger partial charge in [0.05, 0.1) is 17.6 Å². The molecule has 21 heavy (non-hydrogen) atoms. The van der Waals surface area contributed by atoms with Gasteiger partial charge in [-0.1, -0.05) is 49.5 Å². The van der Waals surface area contributed by atoms with Crippen LogP contribution in [-0.2, 0) is 13.0 Å². The lowest BCUT2D eigenvalue weighted by molar-refractivity contribution is 0.338. The van der Waals surface area contributed by atoms with Crippen LogP contribution >= 0.6 is 0 Å². The first-order chi connectivity index (χ1) is 10.3. The van der Waals surface area contributed by atoms with Gasteiger partial charge in [0.25, 0.3) is 0 Å². The topological polar surface area (TPSA) is 56.7 Å². The lowest BCUT2D eigenvalue weighted by atomic mass is 9.86.